The molecule has 5 heteroatoms. The van der Waals surface area contributed by atoms with Gasteiger partial charge in [-0.05, 0) is 36.2 Å². The number of nitrogens with one attached hydrogen (secondary N) is 1. The number of rotatable bonds is 5. The Morgan fingerprint density at radius 3 is 2.38 bits per heavy atom. The molecule has 0 aliphatic heterocycles. The molecule has 2 N–H and O–H groups in total. The number of hydrogen-bond acceptors (Lipinski definition) is 4. The van der Waals surface area contributed by atoms with Gasteiger partial charge in [-0.3, -0.25) is 0 Å². The second-order valence-electron chi connectivity index (χ2n) is 5.35. The van der Waals surface area contributed by atoms with Crippen LogP contribution in [0.2, 0.25) is 0 Å². The number of carbonyl (C=O) groups is 1. The first-order chi connectivity index (χ1) is 11.7. The van der Waals surface area contributed by atoms with E-state index in [9.17, 15) is 4.79 Å². The van der Waals surface area contributed by atoms with Gasteiger partial charge in [0.05, 0.1) is 11.3 Å². The van der Waals surface area contributed by atoms with Crippen molar-refractivity contribution in [3.8, 4) is 11.3 Å². The van der Waals surface area contributed by atoms with Crippen molar-refractivity contribution < 1.29 is 9.90 Å². The Labute approximate surface area is 140 Å². The largest absolute Gasteiger partial charge is 0.478 e. The molecule has 5 nitrogen and oxygen atoms in total. The highest BCUT2D eigenvalue weighted by Gasteiger charge is 2.05. The molecular weight excluding hydrogens is 302 g/mol. The minimum Gasteiger partial charge on any atom is -0.478 e. The topological polar surface area (TPSA) is 75.1 Å². The minimum absolute atomic E-state index is 0.250. The highest BCUT2D eigenvalue weighted by Crippen LogP contribution is 2.22. The molecule has 0 aliphatic carbocycles. The van der Waals surface area contributed by atoms with Crippen LogP contribution in [0.1, 0.15) is 22.8 Å². The third-order valence-electron chi connectivity index (χ3n) is 3.73. The smallest absolute Gasteiger partial charge is 0.335 e. The van der Waals surface area contributed by atoms with E-state index in [2.05, 4.69) is 34.3 Å². The van der Waals surface area contributed by atoms with E-state index in [1.807, 2.05) is 18.2 Å². The van der Waals surface area contributed by atoms with Crippen LogP contribution in [0.3, 0.4) is 0 Å². The summed E-state index contributed by atoms with van der Waals surface area (Å²) in [5, 5.41) is 12.1. The van der Waals surface area contributed by atoms with Gasteiger partial charge in [0, 0.05) is 17.3 Å². The molecule has 0 aliphatic rings. The zero-order chi connectivity index (χ0) is 16.9. The number of hydrogen-bond donors (Lipinski definition) is 2. The number of benzene rings is 2. The van der Waals surface area contributed by atoms with Gasteiger partial charge in [0.1, 0.15) is 12.1 Å². The number of aromatic carboxylic acids is 1. The molecule has 0 unspecified atom stereocenters. The van der Waals surface area contributed by atoms with E-state index in [1.165, 1.54) is 11.9 Å². The monoisotopic (exact) mass is 319 g/mol. The lowest BCUT2D eigenvalue weighted by molar-refractivity contribution is 0.0697. The zero-order valence-electron chi connectivity index (χ0n) is 13.2. The van der Waals surface area contributed by atoms with Crippen molar-refractivity contribution in [3.63, 3.8) is 0 Å². The molecule has 0 radical (unpaired) electrons. The van der Waals surface area contributed by atoms with Crippen molar-refractivity contribution in [1.82, 2.24) is 9.97 Å². The van der Waals surface area contributed by atoms with E-state index in [4.69, 9.17) is 5.11 Å². The van der Waals surface area contributed by atoms with Gasteiger partial charge in [0.25, 0.3) is 0 Å². The number of aromatic nitrogens is 2. The van der Waals surface area contributed by atoms with Gasteiger partial charge in [-0.2, -0.15) is 0 Å². The van der Waals surface area contributed by atoms with Crippen LogP contribution < -0.4 is 5.32 Å². The molecule has 0 spiro atoms. The van der Waals surface area contributed by atoms with E-state index in [-0.39, 0.29) is 5.56 Å². The predicted molar refractivity (Wildman–Crippen MR) is 93.5 cm³/mol. The van der Waals surface area contributed by atoms with E-state index in [0.717, 1.165) is 23.4 Å². The van der Waals surface area contributed by atoms with Crippen molar-refractivity contribution >= 4 is 17.5 Å². The molecule has 0 fully saturated rings. The standard InChI is InChI=1S/C19H17N3O2/c1-2-13-3-5-14(6-4-13)17-11-18(21-12-20-17)22-16-9-7-15(8-10-16)19(23)24/h3-12H,2H2,1H3,(H,23,24)(H,20,21,22). The van der Waals surface area contributed by atoms with Gasteiger partial charge in [-0.15, -0.1) is 0 Å². The van der Waals surface area contributed by atoms with Gasteiger partial charge >= 0.3 is 5.97 Å². The second kappa shape index (κ2) is 6.91. The van der Waals surface area contributed by atoms with Gasteiger partial charge < -0.3 is 10.4 Å². The molecule has 24 heavy (non-hydrogen) atoms. The third-order valence-corrected chi connectivity index (χ3v) is 3.73. The number of carboxylic acids is 1. The van der Waals surface area contributed by atoms with Crippen LogP contribution in [0.25, 0.3) is 11.3 Å². The first kappa shape index (κ1) is 15.7. The first-order valence-electron chi connectivity index (χ1n) is 7.67. The summed E-state index contributed by atoms with van der Waals surface area (Å²) >= 11 is 0. The summed E-state index contributed by atoms with van der Waals surface area (Å²) in [4.78, 5) is 19.4. The normalized spacial score (nSPS) is 10.4. The van der Waals surface area contributed by atoms with Gasteiger partial charge in [0.2, 0.25) is 0 Å². The van der Waals surface area contributed by atoms with Crippen LogP contribution in [0.5, 0.6) is 0 Å². The molecule has 3 aromatic rings. The van der Waals surface area contributed by atoms with E-state index in [1.54, 1.807) is 24.3 Å². The Kier molecular flexibility index (Phi) is 4.52. The number of carboxylic acid groups (broad SMARTS) is 1. The summed E-state index contributed by atoms with van der Waals surface area (Å²) in [6, 6.07) is 16.7. The summed E-state index contributed by atoms with van der Waals surface area (Å²) < 4.78 is 0. The highest BCUT2D eigenvalue weighted by atomic mass is 16.4. The summed E-state index contributed by atoms with van der Waals surface area (Å²) in [6.45, 7) is 2.12. The molecule has 3 rings (SSSR count). The summed E-state index contributed by atoms with van der Waals surface area (Å²) in [5.41, 5.74) is 4.16. The van der Waals surface area contributed by atoms with Crippen LogP contribution in [0, 0.1) is 0 Å². The average molecular weight is 319 g/mol. The fourth-order valence-corrected chi connectivity index (χ4v) is 2.34. The molecule has 1 heterocycles. The average Bonchev–Trinajstić information content (AvgIpc) is 2.62. The Bertz CT molecular complexity index is 843. The van der Waals surface area contributed by atoms with Gasteiger partial charge in [-0.1, -0.05) is 31.2 Å². The molecule has 0 atom stereocenters. The van der Waals surface area contributed by atoms with Crippen molar-refractivity contribution in [2.45, 2.75) is 13.3 Å². The Morgan fingerprint density at radius 2 is 1.75 bits per heavy atom. The maximum atomic E-state index is 10.9. The van der Waals surface area contributed by atoms with Crippen molar-refractivity contribution in [3.05, 3.63) is 72.1 Å². The molecule has 1 aromatic heterocycles. The Hall–Kier alpha value is -3.21. The van der Waals surface area contributed by atoms with E-state index < -0.39 is 5.97 Å². The molecule has 0 bridgehead atoms. The number of aryl methyl sites for hydroxylation is 1. The van der Waals surface area contributed by atoms with Crippen LogP contribution in [-0.2, 0) is 6.42 Å². The fraction of sp³-hybridized carbons (Fsp3) is 0.105. The van der Waals surface area contributed by atoms with Crippen LogP contribution >= 0.6 is 0 Å². The summed E-state index contributed by atoms with van der Waals surface area (Å²) in [5.74, 6) is -0.288. The van der Waals surface area contributed by atoms with Gasteiger partial charge in [0.15, 0.2) is 0 Å². The maximum absolute atomic E-state index is 10.9. The van der Waals surface area contributed by atoms with Crippen LogP contribution in [-0.4, -0.2) is 21.0 Å². The van der Waals surface area contributed by atoms with Crippen molar-refractivity contribution in [1.29, 1.82) is 0 Å². The van der Waals surface area contributed by atoms with Crippen LogP contribution in [0.15, 0.2) is 60.9 Å². The summed E-state index contributed by atoms with van der Waals surface area (Å²) in [7, 11) is 0. The number of anilines is 2. The third kappa shape index (κ3) is 3.57. The second-order valence-corrected chi connectivity index (χ2v) is 5.35. The fourth-order valence-electron chi connectivity index (χ4n) is 2.34. The van der Waals surface area contributed by atoms with Crippen LogP contribution in [0.4, 0.5) is 11.5 Å². The molecule has 120 valence electrons. The lowest BCUT2D eigenvalue weighted by atomic mass is 10.1. The first-order valence-corrected chi connectivity index (χ1v) is 7.67. The maximum Gasteiger partial charge on any atom is 0.335 e. The lowest BCUT2D eigenvalue weighted by Gasteiger charge is -2.08. The molecule has 2 aromatic carbocycles. The summed E-state index contributed by atoms with van der Waals surface area (Å²) in [6.07, 6.45) is 2.51. The van der Waals surface area contributed by atoms with E-state index in [0.29, 0.717) is 5.82 Å². The zero-order valence-corrected chi connectivity index (χ0v) is 13.2. The molecule has 0 amide bonds. The quantitative estimate of drug-likeness (QED) is 0.739. The van der Waals surface area contributed by atoms with Gasteiger partial charge in [-0.25, -0.2) is 14.8 Å². The predicted octanol–water partition coefficient (Wildman–Crippen LogP) is 4.15. The highest BCUT2D eigenvalue weighted by molar-refractivity contribution is 5.88. The molecular formula is C19H17N3O2. The SMILES string of the molecule is CCc1ccc(-c2cc(Nc3ccc(C(=O)O)cc3)ncn2)cc1. The number of nitrogens with zero attached hydrogens (tertiary/aromatic N) is 2. The molecule has 0 saturated heterocycles. The lowest BCUT2D eigenvalue weighted by Crippen LogP contribution is -1.98. The Balaban J connectivity index is 1.80. The van der Waals surface area contributed by atoms with Crippen molar-refractivity contribution in [2.75, 3.05) is 5.32 Å². The molecule has 0 saturated carbocycles. The van der Waals surface area contributed by atoms with Crippen molar-refractivity contribution in [2.24, 2.45) is 0 Å². The minimum atomic E-state index is -0.943. The Morgan fingerprint density at radius 1 is 1.04 bits per heavy atom. The van der Waals surface area contributed by atoms with E-state index >= 15 is 0 Å².